The van der Waals surface area contributed by atoms with Crippen LogP contribution >= 0.6 is 0 Å². The summed E-state index contributed by atoms with van der Waals surface area (Å²) in [6, 6.07) is 9.18. The van der Waals surface area contributed by atoms with Crippen LogP contribution in [-0.2, 0) is 16.1 Å². The summed E-state index contributed by atoms with van der Waals surface area (Å²) in [5, 5.41) is 7.06. The van der Waals surface area contributed by atoms with E-state index in [1.807, 2.05) is 43.5 Å². The number of nitrogens with one attached hydrogen (secondary N) is 1. The Balaban J connectivity index is 1.57. The molecular formula is C18H22N4O3. The number of fused-ring (bicyclic) bond motifs is 1. The van der Waals surface area contributed by atoms with Gasteiger partial charge in [0.2, 0.25) is 5.91 Å². The van der Waals surface area contributed by atoms with Gasteiger partial charge in [-0.15, -0.1) is 0 Å². The molecule has 0 spiro atoms. The SMILES string of the molecule is C[C@@H](Cn1cccn1)NC(=O)CCN1C(=O)[C@@H](C)Oc2ccccc21. The summed E-state index contributed by atoms with van der Waals surface area (Å²) in [4.78, 5) is 26.2. The standard InChI is InChI=1S/C18H22N4O3/c1-13(12-21-10-5-9-19-21)20-17(23)8-11-22-15-6-3-4-7-16(15)25-14(2)18(22)24/h3-7,9-10,13-14H,8,11-12H2,1-2H3,(H,20,23)/t13-,14+/m0/s1. The average Bonchev–Trinajstić information content (AvgIpc) is 3.08. The van der Waals surface area contributed by atoms with Crippen molar-refractivity contribution < 1.29 is 14.3 Å². The highest BCUT2D eigenvalue weighted by Crippen LogP contribution is 2.33. The maximum atomic E-state index is 12.4. The van der Waals surface area contributed by atoms with Gasteiger partial charge in [0.25, 0.3) is 5.91 Å². The van der Waals surface area contributed by atoms with E-state index in [0.29, 0.717) is 24.5 Å². The van der Waals surface area contributed by atoms with Crippen LogP contribution in [0.4, 0.5) is 5.69 Å². The summed E-state index contributed by atoms with van der Waals surface area (Å²) < 4.78 is 7.38. The lowest BCUT2D eigenvalue weighted by atomic mass is 10.1. The molecule has 3 rings (SSSR count). The van der Waals surface area contributed by atoms with Crippen molar-refractivity contribution in [2.24, 2.45) is 0 Å². The van der Waals surface area contributed by atoms with E-state index in [1.165, 1.54) is 0 Å². The first-order chi connectivity index (χ1) is 12.0. The number of hydrogen-bond acceptors (Lipinski definition) is 4. The van der Waals surface area contributed by atoms with Crippen molar-refractivity contribution in [1.29, 1.82) is 0 Å². The number of aromatic nitrogens is 2. The predicted octanol–water partition coefficient (Wildman–Crippen LogP) is 1.59. The predicted molar refractivity (Wildman–Crippen MR) is 93.3 cm³/mol. The quantitative estimate of drug-likeness (QED) is 0.865. The maximum Gasteiger partial charge on any atom is 0.267 e. The third kappa shape index (κ3) is 3.99. The van der Waals surface area contributed by atoms with Gasteiger partial charge in [-0.2, -0.15) is 5.10 Å². The molecule has 2 amide bonds. The Morgan fingerprint density at radius 3 is 2.92 bits per heavy atom. The van der Waals surface area contributed by atoms with Gasteiger partial charge in [0.1, 0.15) is 5.75 Å². The number of ether oxygens (including phenoxy) is 1. The van der Waals surface area contributed by atoms with E-state index in [1.54, 1.807) is 22.7 Å². The molecule has 2 aromatic rings. The van der Waals surface area contributed by atoms with Crippen LogP contribution in [0.25, 0.3) is 0 Å². The van der Waals surface area contributed by atoms with Gasteiger partial charge in [-0.3, -0.25) is 14.3 Å². The van der Waals surface area contributed by atoms with Crippen molar-refractivity contribution in [3.05, 3.63) is 42.7 Å². The number of nitrogens with zero attached hydrogens (tertiary/aromatic N) is 3. The minimum absolute atomic E-state index is 0.0426. The molecule has 2 heterocycles. The number of carbonyl (C=O) groups is 2. The fourth-order valence-corrected chi connectivity index (χ4v) is 2.88. The van der Waals surface area contributed by atoms with E-state index < -0.39 is 6.10 Å². The molecule has 1 aromatic heterocycles. The van der Waals surface area contributed by atoms with Crippen LogP contribution in [0, 0.1) is 0 Å². The molecule has 7 heteroatoms. The third-order valence-corrected chi connectivity index (χ3v) is 4.06. The summed E-state index contributed by atoms with van der Waals surface area (Å²) in [5.74, 6) is 0.447. The molecule has 132 valence electrons. The third-order valence-electron chi connectivity index (χ3n) is 4.06. The Bertz CT molecular complexity index is 745. The minimum atomic E-state index is -0.545. The highest BCUT2D eigenvalue weighted by molar-refractivity contribution is 6.00. The molecule has 0 bridgehead atoms. The molecule has 1 N–H and O–H groups in total. The molecule has 1 aliphatic heterocycles. The normalized spacial score (nSPS) is 17.6. The van der Waals surface area contributed by atoms with Crippen molar-refractivity contribution in [1.82, 2.24) is 15.1 Å². The van der Waals surface area contributed by atoms with Gasteiger partial charge in [-0.25, -0.2) is 0 Å². The molecule has 0 radical (unpaired) electrons. The van der Waals surface area contributed by atoms with Crippen LogP contribution in [0.5, 0.6) is 5.75 Å². The molecule has 0 fully saturated rings. The first kappa shape index (κ1) is 17.0. The van der Waals surface area contributed by atoms with Crippen LogP contribution in [0.3, 0.4) is 0 Å². The average molecular weight is 342 g/mol. The number of rotatable bonds is 6. The van der Waals surface area contributed by atoms with Gasteiger partial charge in [-0.1, -0.05) is 12.1 Å². The van der Waals surface area contributed by atoms with E-state index in [9.17, 15) is 9.59 Å². The van der Waals surface area contributed by atoms with Crippen molar-refractivity contribution in [2.45, 2.75) is 39.0 Å². The molecule has 2 atom stereocenters. The smallest absolute Gasteiger partial charge is 0.267 e. The first-order valence-electron chi connectivity index (χ1n) is 8.38. The molecule has 0 saturated heterocycles. The topological polar surface area (TPSA) is 76.5 Å². The highest BCUT2D eigenvalue weighted by Gasteiger charge is 2.31. The fourth-order valence-electron chi connectivity index (χ4n) is 2.88. The Hall–Kier alpha value is -2.83. The van der Waals surface area contributed by atoms with Gasteiger partial charge in [0, 0.05) is 31.4 Å². The number of hydrogen-bond donors (Lipinski definition) is 1. The molecule has 25 heavy (non-hydrogen) atoms. The molecule has 0 unspecified atom stereocenters. The van der Waals surface area contributed by atoms with Crippen LogP contribution < -0.4 is 15.0 Å². The Kier molecular flexibility index (Phi) is 5.02. The van der Waals surface area contributed by atoms with Crippen LogP contribution in [0.2, 0.25) is 0 Å². The maximum absolute atomic E-state index is 12.4. The lowest BCUT2D eigenvalue weighted by Crippen LogP contribution is -2.46. The summed E-state index contributed by atoms with van der Waals surface area (Å²) in [6.45, 7) is 4.58. The Morgan fingerprint density at radius 2 is 2.16 bits per heavy atom. The lowest BCUT2D eigenvalue weighted by Gasteiger charge is -2.32. The lowest BCUT2D eigenvalue weighted by molar-refractivity contribution is -0.125. The van der Waals surface area contributed by atoms with Gasteiger partial charge in [-0.05, 0) is 32.0 Å². The van der Waals surface area contributed by atoms with Crippen molar-refractivity contribution >= 4 is 17.5 Å². The molecule has 0 aliphatic carbocycles. The summed E-state index contributed by atoms with van der Waals surface area (Å²) in [7, 11) is 0. The number of carbonyl (C=O) groups excluding carboxylic acids is 2. The van der Waals surface area contributed by atoms with E-state index in [2.05, 4.69) is 10.4 Å². The zero-order valence-electron chi connectivity index (χ0n) is 14.4. The highest BCUT2D eigenvalue weighted by atomic mass is 16.5. The van der Waals surface area contributed by atoms with E-state index >= 15 is 0 Å². The van der Waals surface area contributed by atoms with E-state index in [4.69, 9.17) is 4.74 Å². The van der Waals surface area contributed by atoms with Gasteiger partial charge >= 0.3 is 0 Å². The molecule has 1 aromatic carbocycles. The van der Waals surface area contributed by atoms with Gasteiger partial charge in [0.05, 0.1) is 12.2 Å². The summed E-state index contributed by atoms with van der Waals surface area (Å²) in [6.07, 6.45) is 3.25. The van der Waals surface area contributed by atoms with Crippen molar-refractivity contribution in [3.63, 3.8) is 0 Å². The zero-order valence-corrected chi connectivity index (χ0v) is 14.4. The molecule has 7 nitrogen and oxygen atoms in total. The number of benzene rings is 1. The van der Waals surface area contributed by atoms with Crippen LogP contribution in [-0.4, -0.2) is 40.3 Å². The number of amides is 2. The first-order valence-corrected chi connectivity index (χ1v) is 8.38. The van der Waals surface area contributed by atoms with E-state index in [0.717, 1.165) is 0 Å². The second-order valence-corrected chi connectivity index (χ2v) is 6.16. The fraction of sp³-hybridized carbons (Fsp3) is 0.389. The number of anilines is 1. The monoisotopic (exact) mass is 342 g/mol. The second kappa shape index (κ2) is 7.38. The summed E-state index contributed by atoms with van der Waals surface area (Å²) in [5.41, 5.74) is 0.711. The number of para-hydroxylation sites is 2. The van der Waals surface area contributed by atoms with Crippen molar-refractivity contribution in [2.75, 3.05) is 11.4 Å². The minimum Gasteiger partial charge on any atom is -0.479 e. The van der Waals surface area contributed by atoms with E-state index in [-0.39, 0.29) is 24.3 Å². The Labute approximate surface area is 146 Å². The zero-order chi connectivity index (χ0) is 17.8. The largest absolute Gasteiger partial charge is 0.479 e. The van der Waals surface area contributed by atoms with Crippen LogP contribution in [0.15, 0.2) is 42.7 Å². The van der Waals surface area contributed by atoms with Gasteiger partial charge in [0.15, 0.2) is 6.10 Å². The summed E-state index contributed by atoms with van der Waals surface area (Å²) >= 11 is 0. The molecule has 0 saturated carbocycles. The molecule has 1 aliphatic rings. The van der Waals surface area contributed by atoms with Crippen LogP contribution in [0.1, 0.15) is 20.3 Å². The molecular weight excluding hydrogens is 320 g/mol. The van der Waals surface area contributed by atoms with Gasteiger partial charge < -0.3 is 15.0 Å². The van der Waals surface area contributed by atoms with Crippen molar-refractivity contribution in [3.8, 4) is 5.75 Å². The Morgan fingerprint density at radius 1 is 1.36 bits per heavy atom. The second-order valence-electron chi connectivity index (χ2n) is 6.16.